The maximum Gasteiger partial charge on any atom is 0.351 e. The molecule has 1 aromatic heterocycles. The molecule has 3 atom stereocenters. The van der Waals surface area contributed by atoms with E-state index < -0.39 is 18.0 Å². The first-order chi connectivity index (χ1) is 8.02. The van der Waals surface area contributed by atoms with E-state index in [1.54, 1.807) is 13.1 Å². The lowest BCUT2D eigenvalue weighted by atomic mass is 10.1. The number of nitrogens with zero attached hydrogens (tertiary/aromatic N) is 2. The summed E-state index contributed by atoms with van der Waals surface area (Å²) in [5, 5.41) is 9.04. The van der Waals surface area contributed by atoms with Crippen LogP contribution in [0.2, 0.25) is 0 Å². The second-order valence-corrected chi connectivity index (χ2v) is 4.21. The van der Waals surface area contributed by atoms with Gasteiger partial charge in [-0.1, -0.05) is 0 Å². The number of aryl methyl sites for hydroxylation is 1. The molecule has 7 heteroatoms. The Morgan fingerprint density at radius 1 is 1.71 bits per heavy atom. The molecule has 0 spiro atoms. The molecule has 94 valence electrons. The van der Waals surface area contributed by atoms with E-state index in [2.05, 4.69) is 4.98 Å². The second kappa shape index (κ2) is 4.44. The van der Waals surface area contributed by atoms with Gasteiger partial charge in [-0.15, -0.1) is 0 Å². The van der Waals surface area contributed by atoms with Crippen molar-refractivity contribution in [1.82, 2.24) is 9.55 Å². The van der Waals surface area contributed by atoms with Gasteiger partial charge < -0.3 is 21.3 Å². The predicted molar refractivity (Wildman–Crippen MR) is 61.2 cm³/mol. The highest BCUT2D eigenvalue weighted by Crippen LogP contribution is 2.26. The fourth-order valence-electron chi connectivity index (χ4n) is 1.89. The standard InChI is InChI=1S/C10H16N4O3/c1-5-3-14(10(16)13-9(5)12)8-2-6(11)7(4-15)17-8/h3,6-8,15H,2,4,11H2,1H3,(H2,12,13,16)/t6-,7+,8+/m0/s1. The van der Waals surface area contributed by atoms with Crippen LogP contribution in [0, 0.1) is 6.92 Å². The minimum absolute atomic E-state index is 0.159. The largest absolute Gasteiger partial charge is 0.394 e. The third-order valence-electron chi connectivity index (χ3n) is 2.95. The van der Waals surface area contributed by atoms with Gasteiger partial charge in [-0.3, -0.25) is 4.57 Å². The van der Waals surface area contributed by atoms with Crippen molar-refractivity contribution in [2.75, 3.05) is 12.3 Å². The number of hydrogen-bond acceptors (Lipinski definition) is 6. The Kier molecular flexibility index (Phi) is 3.14. The first-order valence-corrected chi connectivity index (χ1v) is 5.40. The Morgan fingerprint density at radius 2 is 2.41 bits per heavy atom. The Morgan fingerprint density at radius 3 is 3.00 bits per heavy atom. The molecule has 0 aromatic carbocycles. The molecule has 0 aliphatic carbocycles. The summed E-state index contributed by atoms with van der Waals surface area (Å²) in [6.07, 6.45) is 1.14. The summed E-state index contributed by atoms with van der Waals surface area (Å²) in [6.45, 7) is 1.60. The van der Waals surface area contributed by atoms with Crippen molar-refractivity contribution in [2.45, 2.75) is 31.7 Å². The van der Waals surface area contributed by atoms with Crippen LogP contribution >= 0.6 is 0 Å². The van der Waals surface area contributed by atoms with E-state index in [4.69, 9.17) is 21.3 Å². The summed E-state index contributed by atoms with van der Waals surface area (Å²) in [4.78, 5) is 15.4. The van der Waals surface area contributed by atoms with Crippen molar-refractivity contribution < 1.29 is 9.84 Å². The third-order valence-corrected chi connectivity index (χ3v) is 2.95. The molecule has 1 aliphatic heterocycles. The normalized spacial score (nSPS) is 28.5. The SMILES string of the molecule is Cc1cn([C@H]2C[C@H](N)[C@@H](CO)O2)c(=O)nc1N. The number of hydrogen-bond donors (Lipinski definition) is 3. The molecule has 17 heavy (non-hydrogen) atoms. The van der Waals surface area contributed by atoms with Crippen LogP contribution in [0.25, 0.3) is 0 Å². The number of nitrogen functional groups attached to an aromatic ring is 1. The number of ether oxygens (including phenoxy) is 1. The monoisotopic (exact) mass is 240 g/mol. The van der Waals surface area contributed by atoms with Gasteiger partial charge in [-0.2, -0.15) is 4.98 Å². The van der Waals surface area contributed by atoms with E-state index in [1.807, 2.05) is 0 Å². The molecule has 0 bridgehead atoms. The molecule has 0 radical (unpaired) electrons. The summed E-state index contributed by atoms with van der Waals surface area (Å²) in [6, 6.07) is -0.283. The topological polar surface area (TPSA) is 116 Å². The van der Waals surface area contributed by atoms with Gasteiger partial charge in [0.2, 0.25) is 0 Å². The average molecular weight is 240 g/mol. The fraction of sp³-hybridized carbons (Fsp3) is 0.600. The first kappa shape index (κ1) is 12.0. The van der Waals surface area contributed by atoms with Crippen LogP contribution < -0.4 is 17.2 Å². The molecule has 0 saturated carbocycles. The number of rotatable bonds is 2. The number of nitrogens with two attached hydrogens (primary N) is 2. The molecule has 7 nitrogen and oxygen atoms in total. The lowest BCUT2D eigenvalue weighted by molar-refractivity contribution is -0.0270. The molecule has 1 aromatic rings. The smallest absolute Gasteiger partial charge is 0.351 e. The molecule has 2 heterocycles. The molecule has 2 rings (SSSR count). The third kappa shape index (κ3) is 2.17. The average Bonchev–Trinajstić information content (AvgIpc) is 2.65. The molecule has 5 N–H and O–H groups in total. The number of aromatic nitrogens is 2. The van der Waals surface area contributed by atoms with Crippen molar-refractivity contribution >= 4 is 5.82 Å². The van der Waals surface area contributed by atoms with Crippen molar-refractivity contribution in [3.05, 3.63) is 22.2 Å². The fourth-order valence-corrected chi connectivity index (χ4v) is 1.89. The Bertz CT molecular complexity index is 473. The highest BCUT2D eigenvalue weighted by molar-refractivity contribution is 5.35. The zero-order chi connectivity index (χ0) is 12.6. The van der Waals surface area contributed by atoms with E-state index in [1.165, 1.54) is 4.57 Å². The number of aliphatic hydroxyl groups excluding tert-OH is 1. The van der Waals surface area contributed by atoms with Crippen LogP contribution in [0.3, 0.4) is 0 Å². The molecule has 0 amide bonds. The highest BCUT2D eigenvalue weighted by atomic mass is 16.5. The molecular weight excluding hydrogens is 224 g/mol. The van der Waals surface area contributed by atoms with E-state index >= 15 is 0 Å². The number of aliphatic hydroxyl groups is 1. The van der Waals surface area contributed by atoms with E-state index in [9.17, 15) is 4.79 Å². The molecule has 1 aliphatic rings. The lowest BCUT2D eigenvalue weighted by Gasteiger charge is -2.15. The van der Waals surface area contributed by atoms with Crippen LogP contribution in [-0.4, -0.2) is 33.4 Å². The van der Waals surface area contributed by atoms with Crippen molar-refractivity contribution in [3.8, 4) is 0 Å². The first-order valence-electron chi connectivity index (χ1n) is 5.40. The summed E-state index contributed by atoms with van der Waals surface area (Å²) in [5.41, 5.74) is 11.6. The second-order valence-electron chi connectivity index (χ2n) is 4.21. The van der Waals surface area contributed by atoms with Crippen LogP contribution in [0.15, 0.2) is 11.0 Å². The Balaban J connectivity index is 2.30. The van der Waals surface area contributed by atoms with E-state index in [0.29, 0.717) is 12.0 Å². The molecule has 0 unspecified atom stereocenters. The Hall–Kier alpha value is -1.44. The molecule has 1 saturated heterocycles. The molecular formula is C10H16N4O3. The minimum atomic E-state index is -0.485. The van der Waals surface area contributed by atoms with Gasteiger partial charge in [0, 0.05) is 24.2 Å². The number of anilines is 1. The molecule has 1 fully saturated rings. The minimum Gasteiger partial charge on any atom is -0.394 e. The lowest BCUT2D eigenvalue weighted by Crippen LogP contribution is -2.32. The summed E-state index contributed by atoms with van der Waals surface area (Å²) >= 11 is 0. The zero-order valence-electron chi connectivity index (χ0n) is 9.54. The zero-order valence-corrected chi connectivity index (χ0v) is 9.54. The van der Waals surface area contributed by atoms with Gasteiger partial charge in [0.25, 0.3) is 0 Å². The summed E-state index contributed by atoms with van der Waals surface area (Å²) in [7, 11) is 0. The van der Waals surface area contributed by atoms with Crippen molar-refractivity contribution in [2.24, 2.45) is 5.73 Å². The summed E-state index contributed by atoms with van der Waals surface area (Å²) < 4.78 is 6.85. The highest BCUT2D eigenvalue weighted by Gasteiger charge is 2.33. The van der Waals surface area contributed by atoms with Crippen LogP contribution in [-0.2, 0) is 4.74 Å². The van der Waals surface area contributed by atoms with Crippen molar-refractivity contribution in [3.63, 3.8) is 0 Å². The van der Waals surface area contributed by atoms with Gasteiger partial charge in [0.15, 0.2) is 0 Å². The summed E-state index contributed by atoms with van der Waals surface area (Å²) in [5.74, 6) is 0.215. The van der Waals surface area contributed by atoms with Gasteiger partial charge in [-0.05, 0) is 6.92 Å². The predicted octanol–water partition coefficient (Wildman–Crippen LogP) is -1.26. The van der Waals surface area contributed by atoms with Gasteiger partial charge in [-0.25, -0.2) is 4.79 Å². The Labute approximate surface area is 98.0 Å². The van der Waals surface area contributed by atoms with Gasteiger partial charge in [0.05, 0.1) is 12.7 Å². The van der Waals surface area contributed by atoms with Gasteiger partial charge >= 0.3 is 5.69 Å². The van der Waals surface area contributed by atoms with E-state index in [-0.39, 0.29) is 18.5 Å². The quantitative estimate of drug-likeness (QED) is 0.594. The van der Waals surface area contributed by atoms with Crippen LogP contribution in [0.5, 0.6) is 0 Å². The van der Waals surface area contributed by atoms with E-state index in [0.717, 1.165) is 0 Å². The van der Waals surface area contributed by atoms with Crippen LogP contribution in [0.1, 0.15) is 18.2 Å². The van der Waals surface area contributed by atoms with Crippen molar-refractivity contribution in [1.29, 1.82) is 0 Å². The van der Waals surface area contributed by atoms with Crippen LogP contribution in [0.4, 0.5) is 5.82 Å². The maximum atomic E-state index is 11.7. The maximum absolute atomic E-state index is 11.7. The van der Waals surface area contributed by atoms with Gasteiger partial charge in [0.1, 0.15) is 12.0 Å².